The molecule has 2 aromatic rings. The van der Waals surface area contributed by atoms with Crippen LogP contribution in [0.25, 0.3) is 0 Å². The summed E-state index contributed by atoms with van der Waals surface area (Å²) in [6.07, 6.45) is 10.3. The molecule has 0 saturated heterocycles. The highest BCUT2D eigenvalue weighted by Crippen LogP contribution is 2.43. The van der Waals surface area contributed by atoms with Gasteiger partial charge < -0.3 is 4.74 Å². The third-order valence-electron chi connectivity index (χ3n) is 6.80. The molecule has 0 spiro atoms. The van der Waals surface area contributed by atoms with Crippen LogP contribution >= 0.6 is 0 Å². The minimum atomic E-state index is -3.58. The Kier molecular flexibility index (Phi) is 6.49. The number of aromatic nitrogens is 1. The zero-order valence-electron chi connectivity index (χ0n) is 17.6. The summed E-state index contributed by atoms with van der Waals surface area (Å²) in [5.41, 5.74) is 1.94. The molecule has 31 heavy (non-hydrogen) atoms. The van der Waals surface area contributed by atoms with Gasteiger partial charge in [-0.2, -0.15) is 8.78 Å². The first-order valence-corrected chi connectivity index (χ1v) is 11.0. The maximum Gasteiger partial charge on any atom is 0.444 e. The molecule has 1 aromatic heterocycles. The molecule has 1 unspecified atom stereocenters. The van der Waals surface area contributed by atoms with Crippen LogP contribution in [0.1, 0.15) is 62.1 Å². The fraction of sp³-hybridized carbons (Fsp3) is 0.423. The van der Waals surface area contributed by atoms with Crippen molar-refractivity contribution in [3.05, 3.63) is 84.0 Å². The standard InChI is InChI=1S/C26H28F3NO/c1-2-18-3-5-19(6-4-18)20-7-9-21(10-8-20)22-11-16-25(30-17-22)26(28,29)31-24-14-12-23(27)13-15-24/h2-3,11-17,19-21H,1,4-10H2. The van der Waals surface area contributed by atoms with Crippen LogP contribution in [-0.2, 0) is 6.11 Å². The molecule has 0 bridgehead atoms. The summed E-state index contributed by atoms with van der Waals surface area (Å²) in [5, 5.41) is 0. The van der Waals surface area contributed by atoms with Gasteiger partial charge in [-0.25, -0.2) is 4.39 Å². The summed E-state index contributed by atoms with van der Waals surface area (Å²) in [6.45, 7) is 3.87. The first-order valence-electron chi connectivity index (χ1n) is 11.0. The van der Waals surface area contributed by atoms with Crippen molar-refractivity contribution in [1.29, 1.82) is 0 Å². The SMILES string of the molecule is C=CC1=CCC(C2CCC(c3ccc(C(F)(F)Oc4ccc(F)cc4)nc3)CC2)CC1. The van der Waals surface area contributed by atoms with Crippen molar-refractivity contribution >= 4 is 0 Å². The highest BCUT2D eigenvalue weighted by Gasteiger charge is 2.37. The van der Waals surface area contributed by atoms with Crippen LogP contribution in [0.5, 0.6) is 5.75 Å². The van der Waals surface area contributed by atoms with Crippen LogP contribution in [-0.4, -0.2) is 4.98 Å². The number of hydrogen-bond donors (Lipinski definition) is 0. The predicted octanol–water partition coefficient (Wildman–Crippen LogP) is 7.54. The van der Waals surface area contributed by atoms with Crippen molar-refractivity contribution < 1.29 is 17.9 Å². The van der Waals surface area contributed by atoms with Crippen molar-refractivity contribution in [2.75, 3.05) is 0 Å². The van der Waals surface area contributed by atoms with Crippen LogP contribution < -0.4 is 4.74 Å². The zero-order chi connectivity index (χ0) is 21.8. The van der Waals surface area contributed by atoms with Crippen LogP contribution in [0, 0.1) is 17.7 Å². The molecule has 1 aromatic carbocycles. The third kappa shape index (κ3) is 5.20. The minimum absolute atomic E-state index is 0.103. The van der Waals surface area contributed by atoms with E-state index in [9.17, 15) is 13.2 Å². The highest BCUT2D eigenvalue weighted by atomic mass is 19.3. The van der Waals surface area contributed by atoms with E-state index < -0.39 is 17.6 Å². The van der Waals surface area contributed by atoms with E-state index in [4.69, 9.17) is 4.74 Å². The van der Waals surface area contributed by atoms with Gasteiger partial charge in [0.15, 0.2) is 5.69 Å². The summed E-state index contributed by atoms with van der Waals surface area (Å²) < 4.78 is 46.6. The largest absolute Gasteiger partial charge is 0.444 e. The summed E-state index contributed by atoms with van der Waals surface area (Å²) in [4.78, 5) is 4.00. The molecular weight excluding hydrogens is 399 g/mol. The molecule has 0 aliphatic heterocycles. The Bertz CT molecular complexity index is 913. The Morgan fingerprint density at radius 3 is 2.29 bits per heavy atom. The van der Waals surface area contributed by atoms with Gasteiger partial charge in [0.2, 0.25) is 0 Å². The summed E-state index contributed by atoms with van der Waals surface area (Å²) >= 11 is 0. The number of rotatable bonds is 6. The van der Waals surface area contributed by atoms with Gasteiger partial charge >= 0.3 is 6.11 Å². The summed E-state index contributed by atoms with van der Waals surface area (Å²) in [5.74, 6) is 1.27. The van der Waals surface area contributed by atoms with Crippen molar-refractivity contribution in [1.82, 2.24) is 4.98 Å². The molecular formula is C26H28F3NO. The van der Waals surface area contributed by atoms with Gasteiger partial charge in [0.25, 0.3) is 0 Å². The maximum atomic E-state index is 14.4. The van der Waals surface area contributed by atoms with Gasteiger partial charge in [-0.3, -0.25) is 4.98 Å². The average molecular weight is 428 g/mol. The lowest BCUT2D eigenvalue weighted by atomic mass is 9.70. The van der Waals surface area contributed by atoms with Crippen LogP contribution in [0.2, 0.25) is 0 Å². The number of alkyl halides is 2. The Labute approximate surface area is 181 Å². The molecule has 1 fully saturated rings. The molecule has 1 saturated carbocycles. The Balaban J connectivity index is 1.34. The van der Waals surface area contributed by atoms with E-state index in [0.29, 0.717) is 5.92 Å². The molecule has 0 amide bonds. The Morgan fingerprint density at radius 1 is 0.968 bits per heavy atom. The Hall–Kier alpha value is -2.56. The average Bonchev–Trinajstić information content (AvgIpc) is 2.81. The highest BCUT2D eigenvalue weighted by molar-refractivity contribution is 5.25. The molecule has 2 nitrogen and oxygen atoms in total. The van der Waals surface area contributed by atoms with Gasteiger partial charge in [0, 0.05) is 6.20 Å². The van der Waals surface area contributed by atoms with Gasteiger partial charge in [-0.1, -0.05) is 30.4 Å². The number of halogens is 3. The first kappa shape index (κ1) is 21.7. The fourth-order valence-corrected chi connectivity index (χ4v) is 4.93. The first-order chi connectivity index (χ1) is 14.9. The second-order valence-electron chi connectivity index (χ2n) is 8.68. The number of nitrogens with zero attached hydrogens (tertiary/aromatic N) is 1. The molecule has 1 heterocycles. The smallest absolute Gasteiger partial charge is 0.428 e. The normalized spacial score (nSPS) is 24.4. The van der Waals surface area contributed by atoms with E-state index in [-0.39, 0.29) is 5.75 Å². The summed E-state index contributed by atoms with van der Waals surface area (Å²) in [6, 6.07) is 7.61. The quantitative estimate of drug-likeness (QED) is 0.475. The number of allylic oxidation sites excluding steroid dienone is 3. The lowest BCUT2D eigenvalue weighted by molar-refractivity contribution is -0.188. The van der Waals surface area contributed by atoms with Crippen LogP contribution in [0.3, 0.4) is 0 Å². The monoisotopic (exact) mass is 427 g/mol. The van der Waals surface area contributed by atoms with Crippen molar-refractivity contribution in [3.8, 4) is 5.75 Å². The molecule has 5 heteroatoms. The van der Waals surface area contributed by atoms with Gasteiger partial charge in [-0.05, 0) is 98.6 Å². The van der Waals surface area contributed by atoms with E-state index >= 15 is 0 Å². The van der Waals surface area contributed by atoms with Gasteiger partial charge in [-0.15, -0.1) is 0 Å². The van der Waals surface area contributed by atoms with Crippen molar-refractivity contribution in [3.63, 3.8) is 0 Å². The summed E-state index contributed by atoms with van der Waals surface area (Å²) in [7, 11) is 0. The van der Waals surface area contributed by atoms with E-state index in [1.807, 2.05) is 6.08 Å². The molecule has 2 aliphatic carbocycles. The third-order valence-corrected chi connectivity index (χ3v) is 6.80. The predicted molar refractivity (Wildman–Crippen MR) is 115 cm³/mol. The van der Waals surface area contributed by atoms with E-state index in [0.717, 1.165) is 55.2 Å². The lowest BCUT2D eigenvalue weighted by Gasteiger charge is -2.35. The number of hydrogen-bond acceptors (Lipinski definition) is 2. The van der Waals surface area contributed by atoms with Crippen LogP contribution in [0.4, 0.5) is 13.2 Å². The molecule has 1 atom stereocenters. The van der Waals surface area contributed by atoms with Gasteiger partial charge in [0.1, 0.15) is 11.6 Å². The lowest BCUT2D eigenvalue weighted by Crippen LogP contribution is -2.24. The van der Waals surface area contributed by atoms with Gasteiger partial charge in [0.05, 0.1) is 0 Å². The van der Waals surface area contributed by atoms with Crippen molar-refractivity contribution in [2.24, 2.45) is 11.8 Å². The molecule has 164 valence electrons. The molecule has 0 radical (unpaired) electrons. The second-order valence-corrected chi connectivity index (χ2v) is 8.68. The topological polar surface area (TPSA) is 22.1 Å². The van der Waals surface area contributed by atoms with E-state index in [1.165, 1.54) is 43.0 Å². The zero-order valence-corrected chi connectivity index (χ0v) is 17.6. The van der Waals surface area contributed by atoms with E-state index in [1.54, 1.807) is 12.3 Å². The second kappa shape index (κ2) is 9.29. The van der Waals surface area contributed by atoms with Crippen LogP contribution in [0.15, 0.2) is 66.9 Å². The maximum absolute atomic E-state index is 14.4. The van der Waals surface area contributed by atoms with E-state index in [2.05, 4.69) is 17.6 Å². The number of ether oxygens (including phenoxy) is 1. The molecule has 0 N–H and O–H groups in total. The number of benzene rings is 1. The minimum Gasteiger partial charge on any atom is -0.428 e. The molecule has 4 rings (SSSR count). The number of pyridine rings is 1. The van der Waals surface area contributed by atoms with Crippen molar-refractivity contribution in [2.45, 2.75) is 57.0 Å². The Morgan fingerprint density at radius 2 is 1.71 bits per heavy atom. The fourth-order valence-electron chi connectivity index (χ4n) is 4.93. The molecule has 2 aliphatic rings.